The van der Waals surface area contributed by atoms with Crippen molar-refractivity contribution in [2.75, 3.05) is 53.7 Å². The molecule has 63 heavy (non-hydrogen) atoms. The van der Waals surface area contributed by atoms with Gasteiger partial charge in [0.05, 0.1) is 6.61 Å². The van der Waals surface area contributed by atoms with Crippen molar-refractivity contribution >= 4 is 29.8 Å². The average molecular weight is 896 g/mol. The molecule has 0 aliphatic rings. The van der Waals surface area contributed by atoms with Crippen LogP contribution in [-0.4, -0.2) is 88.4 Å². The van der Waals surface area contributed by atoms with Gasteiger partial charge in [-0.3, -0.25) is 24.0 Å². The highest BCUT2D eigenvalue weighted by Crippen LogP contribution is 2.28. The molecule has 0 aromatic carbocycles. The summed E-state index contributed by atoms with van der Waals surface area (Å²) in [5.41, 5.74) is -1.41. The summed E-state index contributed by atoms with van der Waals surface area (Å²) in [6.45, 7) is 12.5. The second-order valence-electron chi connectivity index (χ2n) is 18.8. The molecule has 11 heteroatoms. The minimum atomic E-state index is -1.41. The Bertz CT molecular complexity index is 1100. The van der Waals surface area contributed by atoms with E-state index < -0.39 is 29.2 Å². The van der Waals surface area contributed by atoms with E-state index in [0.717, 1.165) is 141 Å². The van der Waals surface area contributed by atoms with Gasteiger partial charge in [0.15, 0.2) is 5.92 Å². The van der Waals surface area contributed by atoms with Gasteiger partial charge >= 0.3 is 29.8 Å². The third kappa shape index (κ3) is 33.5. The molecule has 0 aromatic rings. The monoisotopic (exact) mass is 896 g/mol. The molecule has 0 amide bonds. The maximum Gasteiger partial charge on any atom is 0.320 e. The van der Waals surface area contributed by atoms with Crippen molar-refractivity contribution in [3.05, 3.63) is 0 Å². The predicted octanol–water partition coefficient (Wildman–Crippen LogP) is 12.5. The number of ether oxygens (including phenoxy) is 5. The quantitative estimate of drug-likeness (QED) is 0.0250. The number of hydrogen-bond acceptors (Lipinski definition) is 11. The first-order valence-electron chi connectivity index (χ1n) is 25.8. The van der Waals surface area contributed by atoms with Gasteiger partial charge in [-0.2, -0.15) is 0 Å². The van der Waals surface area contributed by atoms with Gasteiger partial charge < -0.3 is 28.6 Å². The first-order chi connectivity index (χ1) is 30.4. The van der Waals surface area contributed by atoms with E-state index in [9.17, 15) is 24.0 Å². The first kappa shape index (κ1) is 60.3. The third-order valence-corrected chi connectivity index (χ3v) is 12.1. The Hall–Kier alpha value is -2.69. The Labute approximate surface area is 385 Å². The van der Waals surface area contributed by atoms with E-state index in [1.165, 1.54) is 0 Å². The number of nitrogens with zero attached hydrogens (tertiary/aromatic N) is 1. The Morgan fingerprint density at radius 1 is 0.413 bits per heavy atom. The van der Waals surface area contributed by atoms with Crippen molar-refractivity contribution < 1.29 is 47.7 Å². The zero-order valence-corrected chi connectivity index (χ0v) is 42.0. The van der Waals surface area contributed by atoms with E-state index in [0.29, 0.717) is 25.8 Å². The van der Waals surface area contributed by atoms with Crippen LogP contribution >= 0.6 is 0 Å². The molecule has 0 aromatic heterocycles. The van der Waals surface area contributed by atoms with Crippen LogP contribution in [0.25, 0.3) is 0 Å². The van der Waals surface area contributed by atoms with Crippen molar-refractivity contribution in [2.24, 2.45) is 23.2 Å². The molecule has 0 radical (unpaired) electrons. The van der Waals surface area contributed by atoms with E-state index >= 15 is 0 Å². The van der Waals surface area contributed by atoms with Crippen molar-refractivity contribution in [1.82, 2.24) is 4.90 Å². The minimum Gasteiger partial charge on any atom is -0.465 e. The molecule has 1 atom stereocenters. The molecule has 11 nitrogen and oxygen atoms in total. The molecule has 0 saturated heterocycles. The van der Waals surface area contributed by atoms with Crippen LogP contribution in [0.2, 0.25) is 0 Å². The van der Waals surface area contributed by atoms with Gasteiger partial charge in [0, 0.05) is 19.3 Å². The third-order valence-electron chi connectivity index (χ3n) is 12.1. The molecular weight excluding hydrogens is 799 g/mol. The maximum absolute atomic E-state index is 14.0. The summed E-state index contributed by atoms with van der Waals surface area (Å²) in [6.07, 6.45) is 25.4. The summed E-state index contributed by atoms with van der Waals surface area (Å²) >= 11 is 0. The predicted molar refractivity (Wildman–Crippen MR) is 254 cm³/mol. The highest BCUT2D eigenvalue weighted by Gasteiger charge is 2.40. The molecular formula is C52H97NO10. The van der Waals surface area contributed by atoms with E-state index in [1.807, 2.05) is 19.0 Å². The van der Waals surface area contributed by atoms with E-state index in [2.05, 4.69) is 41.5 Å². The molecule has 1 unspecified atom stereocenters. The number of carbonyl (C=O) groups excluding carboxylic acids is 5. The fourth-order valence-electron chi connectivity index (χ4n) is 7.81. The van der Waals surface area contributed by atoms with Crippen LogP contribution in [0.15, 0.2) is 0 Å². The highest BCUT2D eigenvalue weighted by molar-refractivity contribution is 5.94. The largest absolute Gasteiger partial charge is 0.465 e. The molecule has 0 aliphatic heterocycles. The number of rotatable bonds is 44. The Kier molecular flexibility index (Phi) is 39.1. The molecule has 0 saturated carbocycles. The highest BCUT2D eigenvalue weighted by atomic mass is 16.6. The smallest absolute Gasteiger partial charge is 0.320 e. The Morgan fingerprint density at radius 3 is 1.21 bits per heavy atom. The lowest BCUT2D eigenvalue weighted by molar-refractivity contribution is -0.174. The molecule has 0 spiro atoms. The van der Waals surface area contributed by atoms with Crippen molar-refractivity contribution in [3.63, 3.8) is 0 Å². The zero-order valence-electron chi connectivity index (χ0n) is 42.0. The molecule has 370 valence electrons. The summed E-state index contributed by atoms with van der Waals surface area (Å²) in [5.74, 6) is -3.38. The number of carbonyl (C=O) groups is 5. The van der Waals surface area contributed by atoms with Gasteiger partial charge in [-0.1, -0.05) is 164 Å². The van der Waals surface area contributed by atoms with Crippen LogP contribution in [0.1, 0.15) is 228 Å². The normalized spacial score (nSPS) is 12.2. The van der Waals surface area contributed by atoms with Crippen molar-refractivity contribution in [2.45, 2.75) is 228 Å². The second-order valence-corrected chi connectivity index (χ2v) is 18.8. The van der Waals surface area contributed by atoms with Crippen LogP contribution in [-0.2, 0) is 47.7 Å². The van der Waals surface area contributed by atoms with Gasteiger partial charge in [0.1, 0.15) is 31.8 Å². The molecule has 0 bridgehead atoms. The summed E-state index contributed by atoms with van der Waals surface area (Å²) in [7, 11) is 3.87. The van der Waals surface area contributed by atoms with Crippen LogP contribution in [0.4, 0.5) is 0 Å². The molecule has 0 rings (SSSR count). The lowest BCUT2D eigenvalue weighted by Crippen LogP contribution is -2.45. The topological polar surface area (TPSA) is 135 Å². The number of hydrogen-bond donors (Lipinski definition) is 0. The number of unbranched alkanes of at least 4 members (excludes halogenated alkanes) is 14. The number of esters is 5. The van der Waals surface area contributed by atoms with Crippen LogP contribution in [0.5, 0.6) is 0 Å². The fourth-order valence-corrected chi connectivity index (χ4v) is 7.81. The van der Waals surface area contributed by atoms with Gasteiger partial charge in [-0.15, -0.1) is 0 Å². The lowest BCUT2D eigenvalue weighted by atomic mass is 9.90. The Morgan fingerprint density at radius 2 is 0.778 bits per heavy atom. The van der Waals surface area contributed by atoms with Crippen LogP contribution in [0, 0.1) is 23.2 Å². The van der Waals surface area contributed by atoms with Crippen molar-refractivity contribution in [3.8, 4) is 0 Å². The standard InChI is InChI=1S/C52H97NO10/c1-9-15-21-27-34-46(50(57)59-37-28-22-16-10-2)51(58)63-43-52(40-60-47(54)35-29-36-53(7)8,41-61-48(55)38-44(30-23-17-11-3)31-24-18-12-4)42-62-49(56)39-45(32-25-19-13-5)33-26-20-14-6/h44-46H,9-43H2,1-8H3. The molecule has 0 N–H and O–H groups in total. The van der Waals surface area contributed by atoms with E-state index in [1.54, 1.807) is 0 Å². The second kappa shape index (κ2) is 40.8. The fraction of sp³-hybridized carbons (Fsp3) is 0.904. The maximum atomic E-state index is 14.0. The van der Waals surface area contributed by atoms with Crippen LogP contribution < -0.4 is 0 Å². The average Bonchev–Trinajstić information content (AvgIpc) is 3.25. The van der Waals surface area contributed by atoms with Gasteiger partial charge in [0.2, 0.25) is 0 Å². The van der Waals surface area contributed by atoms with Gasteiger partial charge in [-0.25, -0.2) is 0 Å². The zero-order chi connectivity index (χ0) is 47.0. The molecule has 0 aliphatic carbocycles. The SMILES string of the molecule is CCCCCCOC(=O)C(CCCCCC)C(=O)OCC(COC(=O)CCCN(C)C)(COC(=O)CC(CCCCC)CCCCC)COC(=O)CC(CCCCC)CCCCC. The molecule has 0 heterocycles. The van der Waals surface area contributed by atoms with E-state index in [4.69, 9.17) is 23.7 Å². The van der Waals surface area contributed by atoms with E-state index in [-0.39, 0.29) is 82.5 Å². The summed E-state index contributed by atoms with van der Waals surface area (Å²) in [5, 5.41) is 0. The summed E-state index contributed by atoms with van der Waals surface area (Å²) < 4.78 is 29.6. The summed E-state index contributed by atoms with van der Waals surface area (Å²) in [4.78, 5) is 70.0. The molecule has 0 fully saturated rings. The first-order valence-corrected chi connectivity index (χ1v) is 25.8. The van der Waals surface area contributed by atoms with Gasteiger partial charge in [0.25, 0.3) is 0 Å². The summed E-state index contributed by atoms with van der Waals surface area (Å²) in [6, 6.07) is 0. The van der Waals surface area contributed by atoms with Crippen molar-refractivity contribution in [1.29, 1.82) is 0 Å². The minimum absolute atomic E-state index is 0.159. The van der Waals surface area contributed by atoms with Crippen LogP contribution in [0.3, 0.4) is 0 Å². The Balaban J connectivity index is 6.71. The van der Waals surface area contributed by atoms with Gasteiger partial charge in [-0.05, 0) is 77.4 Å². The lowest BCUT2D eigenvalue weighted by Gasteiger charge is -2.32.